The lowest BCUT2D eigenvalue weighted by atomic mass is 9.76. The van der Waals surface area contributed by atoms with Gasteiger partial charge in [-0.05, 0) is 64.3 Å². The molecule has 154 valence electrons. The number of amides is 1. The van der Waals surface area contributed by atoms with Crippen LogP contribution in [0.3, 0.4) is 0 Å². The van der Waals surface area contributed by atoms with Gasteiger partial charge in [0.2, 0.25) is 0 Å². The molecular weight excluding hydrogens is 384 g/mol. The van der Waals surface area contributed by atoms with Crippen LogP contribution in [0.5, 0.6) is 0 Å². The molecule has 0 aliphatic carbocycles. The van der Waals surface area contributed by atoms with Gasteiger partial charge in [-0.15, -0.1) is 0 Å². The second kappa shape index (κ2) is 7.14. The zero-order chi connectivity index (χ0) is 21.6. The van der Waals surface area contributed by atoms with Crippen molar-refractivity contribution in [3.05, 3.63) is 53.3 Å². The van der Waals surface area contributed by atoms with Gasteiger partial charge in [0.1, 0.15) is 5.69 Å². The molecule has 1 aromatic carbocycles. The van der Waals surface area contributed by atoms with E-state index in [0.29, 0.717) is 5.69 Å². The summed E-state index contributed by atoms with van der Waals surface area (Å²) >= 11 is 0. The number of carbonyl (C=O) groups excluding carboxylic acids is 1. The van der Waals surface area contributed by atoms with Crippen LogP contribution in [0.4, 0.5) is 18.9 Å². The van der Waals surface area contributed by atoms with Crippen molar-refractivity contribution in [3.63, 3.8) is 0 Å². The first-order chi connectivity index (χ1) is 13.3. The van der Waals surface area contributed by atoms with E-state index >= 15 is 0 Å². The number of rotatable bonds is 3. The predicted octanol–water partition coefficient (Wildman–Crippen LogP) is 3.96. The molecule has 0 bridgehead atoms. The smallest absolute Gasteiger partial charge is 0.399 e. The summed E-state index contributed by atoms with van der Waals surface area (Å²) < 4.78 is 50.6. The van der Waals surface area contributed by atoms with Crippen LogP contribution in [-0.2, 0) is 15.5 Å². The van der Waals surface area contributed by atoms with Crippen molar-refractivity contribution in [1.82, 2.24) is 4.98 Å². The van der Waals surface area contributed by atoms with Crippen molar-refractivity contribution in [2.75, 3.05) is 5.32 Å². The molecule has 1 fully saturated rings. The molecule has 1 aliphatic heterocycles. The van der Waals surface area contributed by atoms with Gasteiger partial charge in [0.15, 0.2) is 0 Å². The minimum Gasteiger partial charge on any atom is -0.399 e. The van der Waals surface area contributed by atoms with Crippen molar-refractivity contribution in [2.45, 2.75) is 52.0 Å². The largest absolute Gasteiger partial charge is 0.495 e. The molecule has 1 N–H and O–H groups in total. The van der Waals surface area contributed by atoms with E-state index in [1.165, 1.54) is 6.07 Å². The topological polar surface area (TPSA) is 60.5 Å². The highest BCUT2D eigenvalue weighted by molar-refractivity contribution is 6.62. The quantitative estimate of drug-likeness (QED) is 0.785. The van der Waals surface area contributed by atoms with Crippen LogP contribution in [0.15, 0.2) is 36.5 Å². The normalized spacial score (nSPS) is 18.0. The molecule has 9 heteroatoms. The van der Waals surface area contributed by atoms with Crippen molar-refractivity contribution >= 4 is 24.2 Å². The average molecular weight is 406 g/mol. The van der Waals surface area contributed by atoms with Crippen molar-refractivity contribution in [2.24, 2.45) is 0 Å². The Morgan fingerprint density at radius 1 is 1.07 bits per heavy atom. The molecule has 1 saturated heterocycles. The Morgan fingerprint density at radius 3 is 2.28 bits per heavy atom. The summed E-state index contributed by atoms with van der Waals surface area (Å²) in [5.41, 5.74) is -0.215. The third-order valence-electron chi connectivity index (χ3n) is 5.36. The van der Waals surface area contributed by atoms with Gasteiger partial charge in [-0.25, -0.2) is 0 Å². The van der Waals surface area contributed by atoms with Crippen LogP contribution in [0.25, 0.3) is 0 Å². The molecule has 2 heterocycles. The maximum absolute atomic E-state index is 12.8. The minimum absolute atomic E-state index is 0.134. The van der Waals surface area contributed by atoms with Gasteiger partial charge < -0.3 is 14.6 Å². The summed E-state index contributed by atoms with van der Waals surface area (Å²) in [5, 5.41) is 2.62. The second-order valence-corrected chi connectivity index (χ2v) is 8.04. The summed E-state index contributed by atoms with van der Waals surface area (Å²) in [4.78, 5) is 15.7. The summed E-state index contributed by atoms with van der Waals surface area (Å²) in [6.07, 6.45) is -3.66. The van der Waals surface area contributed by atoms with E-state index in [1.807, 2.05) is 34.6 Å². The molecule has 2 aromatic rings. The number of pyridine rings is 1. The summed E-state index contributed by atoms with van der Waals surface area (Å²) in [5.74, 6) is -0.665. The molecule has 5 nitrogen and oxygen atoms in total. The van der Waals surface area contributed by atoms with E-state index in [4.69, 9.17) is 9.31 Å². The van der Waals surface area contributed by atoms with Gasteiger partial charge in [-0.3, -0.25) is 9.78 Å². The van der Waals surface area contributed by atoms with E-state index < -0.39 is 36.1 Å². The Bertz CT molecular complexity index is 929. The molecule has 0 atom stereocenters. The summed E-state index contributed by atoms with van der Waals surface area (Å²) in [7, 11) is -0.616. The van der Waals surface area contributed by atoms with E-state index in [0.717, 1.165) is 23.3 Å². The van der Waals surface area contributed by atoms with Gasteiger partial charge in [-0.2, -0.15) is 13.2 Å². The number of halogens is 3. The number of anilines is 1. The zero-order valence-electron chi connectivity index (χ0n) is 16.8. The maximum atomic E-state index is 12.8. The molecule has 0 radical (unpaired) electrons. The van der Waals surface area contributed by atoms with Crippen LogP contribution in [0.2, 0.25) is 0 Å². The fourth-order valence-electron chi connectivity index (χ4n) is 2.87. The van der Waals surface area contributed by atoms with Gasteiger partial charge in [0.25, 0.3) is 5.91 Å². The van der Waals surface area contributed by atoms with E-state index in [2.05, 4.69) is 10.3 Å². The van der Waals surface area contributed by atoms with Gasteiger partial charge in [0.05, 0.1) is 11.2 Å². The number of alkyl halides is 3. The highest BCUT2D eigenvalue weighted by Gasteiger charge is 2.52. The van der Waals surface area contributed by atoms with Gasteiger partial charge >= 0.3 is 13.3 Å². The van der Waals surface area contributed by atoms with Crippen LogP contribution in [0.1, 0.15) is 49.3 Å². The lowest BCUT2D eigenvalue weighted by Crippen LogP contribution is -2.41. The van der Waals surface area contributed by atoms with Crippen molar-refractivity contribution in [1.29, 1.82) is 0 Å². The Kier molecular flexibility index (Phi) is 5.25. The number of aryl methyl sites for hydroxylation is 1. The summed E-state index contributed by atoms with van der Waals surface area (Å²) in [6.45, 7) is 9.65. The van der Waals surface area contributed by atoms with Crippen molar-refractivity contribution in [3.8, 4) is 0 Å². The first kappa shape index (κ1) is 21.3. The molecule has 3 rings (SSSR count). The lowest BCUT2D eigenvalue weighted by molar-refractivity contribution is -0.141. The minimum atomic E-state index is -4.62. The van der Waals surface area contributed by atoms with Crippen LogP contribution < -0.4 is 10.8 Å². The number of aromatic nitrogens is 1. The van der Waals surface area contributed by atoms with Crippen LogP contribution >= 0.6 is 0 Å². The number of hydrogen-bond acceptors (Lipinski definition) is 4. The second-order valence-electron chi connectivity index (χ2n) is 8.04. The van der Waals surface area contributed by atoms with E-state index in [1.54, 1.807) is 18.2 Å². The molecule has 0 unspecified atom stereocenters. The first-order valence-electron chi connectivity index (χ1n) is 9.11. The molecule has 1 amide bonds. The predicted molar refractivity (Wildman–Crippen MR) is 104 cm³/mol. The third-order valence-corrected chi connectivity index (χ3v) is 5.36. The highest BCUT2D eigenvalue weighted by atomic mass is 19.4. The fourth-order valence-corrected chi connectivity index (χ4v) is 2.87. The number of nitrogens with one attached hydrogen (secondary N) is 1. The van der Waals surface area contributed by atoms with Crippen molar-refractivity contribution < 1.29 is 27.3 Å². The molecule has 29 heavy (non-hydrogen) atoms. The molecule has 1 aliphatic rings. The molecular formula is C20H22BF3N2O3. The standard InChI is InChI=1S/C20H22BF3N2O3/c1-12-6-7-14(11-15(12)21-28-18(2,3)19(4,5)29-21)26-17(27)13-8-9-25-16(10-13)20(22,23)24/h6-11H,1-5H3,(H,26,27). The Labute approximate surface area is 167 Å². The molecule has 0 saturated carbocycles. The Hall–Kier alpha value is -2.39. The zero-order valence-corrected chi connectivity index (χ0v) is 16.8. The first-order valence-corrected chi connectivity index (χ1v) is 9.11. The highest BCUT2D eigenvalue weighted by Crippen LogP contribution is 2.37. The van der Waals surface area contributed by atoms with Gasteiger partial charge in [-0.1, -0.05) is 11.6 Å². The summed E-state index contributed by atoms with van der Waals surface area (Å²) in [6, 6.07) is 7.13. The molecule has 1 aromatic heterocycles. The Morgan fingerprint density at radius 2 is 1.69 bits per heavy atom. The number of hydrogen-bond donors (Lipinski definition) is 1. The van der Waals surface area contributed by atoms with E-state index in [9.17, 15) is 18.0 Å². The van der Waals surface area contributed by atoms with Crippen LogP contribution in [0, 0.1) is 6.92 Å². The Balaban J connectivity index is 1.83. The lowest BCUT2D eigenvalue weighted by Gasteiger charge is -2.32. The average Bonchev–Trinajstić information content (AvgIpc) is 2.83. The molecule has 0 spiro atoms. The number of benzene rings is 1. The fraction of sp³-hybridized carbons (Fsp3) is 0.400. The van der Waals surface area contributed by atoms with E-state index in [-0.39, 0.29) is 5.56 Å². The third kappa shape index (κ3) is 4.30. The number of nitrogens with zero attached hydrogens (tertiary/aromatic N) is 1. The maximum Gasteiger partial charge on any atom is 0.495 e. The van der Waals surface area contributed by atoms with Gasteiger partial charge in [0, 0.05) is 17.4 Å². The SMILES string of the molecule is Cc1ccc(NC(=O)c2ccnc(C(F)(F)F)c2)cc1B1OC(C)(C)C(C)(C)O1. The number of carbonyl (C=O) groups is 1. The monoisotopic (exact) mass is 406 g/mol. The van der Waals surface area contributed by atoms with Crippen LogP contribution in [-0.4, -0.2) is 29.2 Å².